The highest BCUT2D eigenvalue weighted by atomic mass is 16.3. The predicted octanol–water partition coefficient (Wildman–Crippen LogP) is 3.02. The van der Waals surface area contributed by atoms with E-state index in [0.717, 1.165) is 31.4 Å². The molecule has 18 heavy (non-hydrogen) atoms. The quantitative estimate of drug-likeness (QED) is 0.806. The Labute approximate surface area is 111 Å². The molecule has 1 aromatic rings. The molecule has 0 amide bonds. The van der Waals surface area contributed by atoms with Crippen LogP contribution in [0.3, 0.4) is 0 Å². The fraction of sp³-hybridized carbons (Fsp3) is 0.733. The Kier molecular flexibility index (Phi) is 5.26. The Morgan fingerprint density at radius 3 is 2.83 bits per heavy atom. The van der Waals surface area contributed by atoms with Crippen LogP contribution >= 0.6 is 0 Å². The summed E-state index contributed by atoms with van der Waals surface area (Å²) in [7, 11) is 0. The molecule has 1 N–H and O–H groups in total. The summed E-state index contributed by atoms with van der Waals surface area (Å²) >= 11 is 0. The third-order valence-corrected chi connectivity index (χ3v) is 4.04. The molecule has 0 aromatic carbocycles. The van der Waals surface area contributed by atoms with Crippen molar-refractivity contribution >= 4 is 0 Å². The number of furan rings is 1. The average Bonchev–Trinajstić information content (AvgIpc) is 3.02. The van der Waals surface area contributed by atoms with E-state index in [2.05, 4.69) is 24.1 Å². The molecule has 0 aliphatic heterocycles. The van der Waals surface area contributed by atoms with Gasteiger partial charge >= 0.3 is 0 Å². The van der Waals surface area contributed by atoms with E-state index >= 15 is 0 Å². The van der Waals surface area contributed by atoms with Gasteiger partial charge in [-0.2, -0.15) is 0 Å². The van der Waals surface area contributed by atoms with Gasteiger partial charge in [0, 0.05) is 18.6 Å². The summed E-state index contributed by atoms with van der Waals surface area (Å²) in [6.45, 7) is 7.64. The van der Waals surface area contributed by atoms with Crippen molar-refractivity contribution < 1.29 is 4.42 Å². The van der Waals surface area contributed by atoms with Gasteiger partial charge in [-0.05, 0) is 38.4 Å². The van der Waals surface area contributed by atoms with E-state index in [9.17, 15) is 0 Å². The van der Waals surface area contributed by atoms with Crippen molar-refractivity contribution in [3.63, 3.8) is 0 Å². The molecule has 3 heteroatoms. The van der Waals surface area contributed by atoms with E-state index in [0.29, 0.717) is 6.04 Å². The zero-order chi connectivity index (χ0) is 12.8. The first kappa shape index (κ1) is 13.6. The maximum Gasteiger partial charge on any atom is 0.117 e. The minimum absolute atomic E-state index is 0.605. The molecule has 1 heterocycles. The monoisotopic (exact) mass is 250 g/mol. The first-order valence-electron chi connectivity index (χ1n) is 7.30. The second-order valence-corrected chi connectivity index (χ2v) is 5.33. The first-order valence-corrected chi connectivity index (χ1v) is 7.30. The van der Waals surface area contributed by atoms with Crippen LogP contribution in [0.15, 0.2) is 22.8 Å². The van der Waals surface area contributed by atoms with Gasteiger partial charge in [0.25, 0.3) is 0 Å². The van der Waals surface area contributed by atoms with E-state index in [1.54, 1.807) is 6.26 Å². The van der Waals surface area contributed by atoms with Crippen LogP contribution in [-0.4, -0.2) is 30.1 Å². The number of hydrogen-bond acceptors (Lipinski definition) is 3. The van der Waals surface area contributed by atoms with Crippen molar-refractivity contribution in [1.29, 1.82) is 0 Å². The highest BCUT2D eigenvalue weighted by Gasteiger charge is 2.24. The standard InChI is InChI=1S/C15H26N2O/c1-3-17(14-7-4-5-8-14)13(2)11-16-12-15-9-6-10-18-15/h6,9-10,13-14,16H,3-5,7-8,11-12H2,1-2H3. The zero-order valence-corrected chi connectivity index (χ0v) is 11.7. The molecule has 102 valence electrons. The van der Waals surface area contributed by atoms with E-state index in [1.807, 2.05) is 12.1 Å². The molecular weight excluding hydrogens is 224 g/mol. The molecular formula is C15H26N2O. The van der Waals surface area contributed by atoms with Crippen molar-refractivity contribution in [3.05, 3.63) is 24.2 Å². The number of hydrogen-bond donors (Lipinski definition) is 1. The van der Waals surface area contributed by atoms with Crippen LogP contribution in [0.2, 0.25) is 0 Å². The van der Waals surface area contributed by atoms with Gasteiger partial charge in [0.05, 0.1) is 12.8 Å². The van der Waals surface area contributed by atoms with Gasteiger partial charge < -0.3 is 9.73 Å². The van der Waals surface area contributed by atoms with Gasteiger partial charge in [0.1, 0.15) is 5.76 Å². The number of nitrogens with zero attached hydrogens (tertiary/aromatic N) is 1. The van der Waals surface area contributed by atoms with Crippen LogP contribution in [0.1, 0.15) is 45.3 Å². The molecule has 0 radical (unpaired) electrons. The molecule has 1 atom stereocenters. The highest BCUT2D eigenvalue weighted by Crippen LogP contribution is 2.24. The summed E-state index contributed by atoms with van der Waals surface area (Å²) < 4.78 is 5.33. The fourth-order valence-electron chi connectivity index (χ4n) is 3.10. The van der Waals surface area contributed by atoms with Crippen molar-refractivity contribution in [2.45, 2.75) is 58.2 Å². The lowest BCUT2D eigenvalue weighted by Crippen LogP contribution is -2.45. The van der Waals surface area contributed by atoms with Gasteiger partial charge in [-0.3, -0.25) is 4.90 Å². The van der Waals surface area contributed by atoms with Gasteiger partial charge in [0.2, 0.25) is 0 Å². The summed E-state index contributed by atoms with van der Waals surface area (Å²) in [6.07, 6.45) is 7.32. The lowest BCUT2D eigenvalue weighted by molar-refractivity contribution is 0.150. The van der Waals surface area contributed by atoms with Crippen LogP contribution < -0.4 is 5.32 Å². The minimum Gasteiger partial charge on any atom is -0.468 e. The van der Waals surface area contributed by atoms with Gasteiger partial charge in [-0.15, -0.1) is 0 Å². The van der Waals surface area contributed by atoms with Crippen molar-refractivity contribution in [3.8, 4) is 0 Å². The second kappa shape index (κ2) is 6.95. The van der Waals surface area contributed by atoms with Crippen LogP contribution in [-0.2, 0) is 6.54 Å². The molecule has 0 spiro atoms. The largest absolute Gasteiger partial charge is 0.468 e. The SMILES string of the molecule is CCN(C(C)CNCc1ccco1)C1CCCC1. The smallest absolute Gasteiger partial charge is 0.117 e. The van der Waals surface area contributed by atoms with E-state index in [4.69, 9.17) is 4.42 Å². The Bertz CT molecular complexity index is 317. The fourth-order valence-corrected chi connectivity index (χ4v) is 3.10. The summed E-state index contributed by atoms with van der Waals surface area (Å²) in [5, 5.41) is 3.49. The lowest BCUT2D eigenvalue weighted by atomic mass is 10.1. The highest BCUT2D eigenvalue weighted by molar-refractivity contribution is 4.97. The van der Waals surface area contributed by atoms with Crippen LogP contribution in [0, 0.1) is 0 Å². The molecule has 1 saturated carbocycles. The molecule has 1 aliphatic rings. The summed E-state index contributed by atoms with van der Waals surface area (Å²) in [5.41, 5.74) is 0. The Balaban J connectivity index is 1.73. The molecule has 3 nitrogen and oxygen atoms in total. The van der Waals surface area contributed by atoms with E-state index in [1.165, 1.54) is 25.7 Å². The third kappa shape index (κ3) is 3.59. The first-order chi connectivity index (χ1) is 8.81. The maximum atomic E-state index is 5.33. The molecule has 0 saturated heterocycles. The van der Waals surface area contributed by atoms with Gasteiger partial charge in [-0.25, -0.2) is 0 Å². The zero-order valence-electron chi connectivity index (χ0n) is 11.7. The van der Waals surface area contributed by atoms with Crippen molar-refractivity contribution in [2.24, 2.45) is 0 Å². The third-order valence-electron chi connectivity index (χ3n) is 4.04. The van der Waals surface area contributed by atoms with Crippen LogP contribution in [0.5, 0.6) is 0 Å². The number of rotatable bonds is 7. The summed E-state index contributed by atoms with van der Waals surface area (Å²) in [4.78, 5) is 2.65. The molecule has 0 bridgehead atoms. The molecule has 1 aromatic heterocycles. The molecule has 1 unspecified atom stereocenters. The lowest BCUT2D eigenvalue weighted by Gasteiger charge is -2.33. The summed E-state index contributed by atoms with van der Waals surface area (Å²) in [6, 6.07) is 5.38. The topological polar surface area (TPSA) is 28.4 Å². The van der Waals surface area contributed by atoms with E-state index in [-0.39, 0.29) is 0 Å². The molecule has 1 fully saturated rings. The van der Waals surface area contributed by atoms with Crippen molar-refractivity contribution in [2.75, 3.05) is 13.1 Å². The van der Waals surface area contributed by atoms with Gasteiger partial charge in [-0.1, -0.05) is 19.8 Å². The minimum atomic E-state index is 0.605. The van der Waals surface area contributed by atoms with Crippen LogP contribution in [0.25, 0.3) is 0 Å². The molecule has 1 aliphatic carbocycles. The number of nitrogens with one attached hydrogen (secondary N) is 1. The average molecular weight is 250 g/mol. The Morgan fingerprint density at radius 2 is 2.22 bits per heavy atom. The van der Waals surface area contributed by atoms with Crippen LogP contribution in [0.4, 0.5) is 0 Å². The Morgan fingerprint density at radius 1 is 1.44 bits per heavy atom. The summed E-state index contributed by atoms with van der Waals surface area (Å²) in [5.74, 6) is 1.02. The van der Waals surface area contributed by atoms with Crippen molar-refractivity contribution in [1.82, 2.24) is 10.2 Å². The molecule has 2 rings (SSSR count). The number of likely N-dealkylation sites (N-methyl/N-ethyl adjacent to an activating group) is 1. The second-order valence-electron chi connectivity index (χ2n) is 5.33. The predicted molar refractivity (Wildman–Crippen MR) is 74.5 cm³/mol. The Hall–Kier alpha value is -0.800. The van der Waals surface area contributed by atoms with Gasteiger partial charge in [0.15, 0.2) is 0 Å². The van der Waals surface area contributed by atoms with E-state index < -0.39 is 0 Å². The normalized spacial score (nSPS) is 18.6. The maximum absolute atomic E-state index is 5.33.